The molecule has 24 heavy (non-hydrogen) atoms. The van der Waals surface area contributed by atoms with E-state index in [2.05, 4.69) is 23.0 Å². The highest BCUT2D eigenvalue weighted by molar-refractivity contribution is 5.84. The lowest BCUT2D eigenvalue weighted by Crippen LogP contribution is -2.53. The average Bonchev–Trinajstić information content (AvgIpc) is 3.01. The molecule has 1 aromatic heterocycles. The molecule has 3 heterocycles. The normalized spacial score (nSPS) is 21.4. The predicted molar refractivity (Wildman–Crippen MR) is 89.9 cm³/mol. The topological polar surface area (TPSA) is 84.5 Å². The maximum atomic E-state index is 12.0. The molecule has 1 spiro atoms. The Bertz CT molecular complexity index is 604. The molecule has 0 atom stereocenters. The van der Waals surface area contributed by atoms with Crippen molar-refractivity contribution < 1.29 is 9.59 Å². The van der Waals surface area contributed by atoms with Crippen molar-refractivity contribution in [3.8, 4) is 0 Å². The first-order valence-corrected chi connectivity index (χ1v) is 8.80. The summed E-state index contributed by atoms with van der Waals surface area (Å²) < 4.78 is 1.95. The summed E-state index contributed by atoms with van der Waals surface area (Å²) >= 11 is 0. The molecule has 132 valence electrons. The highest BCUT2D eigenvalue weighted by Gasteiger charge is 2.41. The van der Waals surface area contributed by atoms with Crippen molar-refractivity contribution in [1.29, 1.82) is 0 Å². The fourth-order valence-electron chi connectivity index (χ4n) is 3.92. The molecule has 2 aliphatic heterocycles. The molecular formula is C17H27N5O2. The van der Waals surface area contributed by atoms with Gasteiger partial charge in [0.25, 0.3) is 0 Å². The molecular weight excluding hydrogens is 306 g/mol. The summed E-state index contributed by atoms with van der Waals surface area (Å²) in [5, 5.41) is 4.55. The van der Waals surface area contributed by atoms with Crippen molar-refractivity contribution >= 4 is 11.8 Å². The second kappa shape index (κ2) is 6.93. The van der Waals surface area contributed by atoms with E-state index in [1.807, 2.05) is 10.9 Å². The minimum Gasteiger partial charge on any atom is -0.368 e. The molecule has 2 saturated heterocycles. The lowest BCUT2D eigenvalue weighted by Gasteiger charge is -2.47. The van der Waals surface area contributed by atoms with E-state index in [9.17, 15) is 9.59 Å². The highest BCUT2D eigenvalue weighted by Crippen LogP contribution is 2.40. The first kappa shape index (κ1) is 17.0. The molecule has 2 aliphatic rings. The highest BCUT2D eigenvalue weighted by atomic mass is 16.2. The predicted octanol–water partition coefficient (Wildman–Crippen LogP) is 0.593. The molecule has 0 radical (unpaired) electrons. The zero-order valence-corrected chi connectivity index (χ0v) is 14.4. The van der Waals surface area contributed by atoms with E-state index in [0.29, 0.717) is 13.0 Å². The number of rotatable bonds is 5. The van der Waals surface area contributed by atoms with E-state index in [4.69, 9.17) is 5.73 Å². The molecule has 3 rings (SSSR count). The summed E-state index contributed by atoms with van der Waals surface area (Å²) in [6.07, 6.45) is 5.61. The molecule has 2 fully saturated rings. The zero-order chi connectivity index (χ0) is 17.2. The fraction of sp³-hybridized carbons (Fsp3) is 0.706. The Kier molecular flexibility index (Phi) is 4.89. The molecule has 2 N–H and O–H groups in total. The van der Waals surface area contributed by atoms with Crippen LogP contribution in [0.3, 0.4) is 0 Å². The van der Waals surface area contributed by atoms with Crippen LogP contribution in [0, 0.1) is 5.41 Å². The first-order valence-electron chi connectivity index (χ1n) is 8.80. The van der Waals surface area contributed by atoms with Gasteiger partial charge >= 0.3 is 0 Å². The van der Waals surface area contributed by atoms with Crippen molar-refractivity contribution in [2.24, 2.45) is 11.1 Å². The number of nitrogens with two attached hydrogens (primary N) is 1. The number of nitrogens with zero attached hydrogens (tertiary/aromatic N) is 4. The summed E-state index contributed by atoms with van der Waals surface area (Å²) in [6, 6.07) is 2.09. The third kappa shape index (κ3) is 3.77. The Hall–Kier alpha value is -1.89. The number of primary amides is 1. The number of hydrogen-bond donors (Lipinski definition) is 1. The SMILES string of the molecule is CCn1ccc(CN2CCC3(CCC(=O)N(CC(N)=O)C3)CC2)n1. The Labute approximate surface area is 142 Å². The number of aromatic nitrogens is 2. The third-order valence-corrected chi connectivity index (χ3v) is 5.42. The summed E-state index contributed by atoms with van der Waals surface area (Å²) in [6.45, 7) is 6.62. The minimum absolute atomic E-state index is 0.0543. The van der Waals surface area contributed by atoms with Crippen molar-refractivity contribution in [3.63, 3.8) is 0 Å². The van der Waals surface area contributed by atoms with Crippen molar-refractivity contribution in [2.75, 3.05) is 26.2 Å². The summed E-state index contributed by atoms with van der Waals surface area (Å²) in [5.41, 5.74) is 6.54. The van der Waals surface area contributed by atoms with Gasteiger partial charge in [0.2, 0.25) is 11.8 Å². The Morgan fingerprint density at radius 2 is 2.08 bits per heavy atom. The van der Waals surface area contributed by atoms with Gasteiger partial charge in [0.15, 0.2) is 0 Å². The van der Waals surface area contributed by atoms with E-state index in [0.717, 1.165) is 51.1 Å². The van der Waals surface area contributed by atoms with Gasteiger partial charge in [-0.1, -0.05) is 0 Å². The number of carbonyl (C=O) groups excluding carboxylic acids is 2. The second-order valence-corrected chi connectivity index (χ2v) is 7.16. The Morgan fingerprint density at radius 3 is 2.71 bits per heavy atom. The number of piperidine rings is 2. The van der Waals surface area contributed by atoms with Crippen molar-refractivity contribution in [1.82, 2.24) is 19.6 Å². The largest absolute Gasteiger partial charge is 0.368 e. The molecule has 0 aromatic carbocycles. The maximum absolute atomic E-state index is 12.0. The number of aryl methyl sites for hydroxylation is 1. The van der Waals surface area contributed by atoms with Gasteiger partial charge in [0, 0.05) is 32.3 Å². The third-order valence-electron chi connectivity index (χ3n) is 5.42. The van der Waals surface area contributed by atoms with Crippen LogP contribution < -0.4 is 5.73 Å². The van der Waals surface area contributed by atoms with E-state index in [-0.39, 0.29) is 17.9 Å². The standard InChI is InChI=1S/C17H27N5O2/c1-2-22-8-4-14(19-22)11-20-9-6-17(7-10-20)5-3-16(24)21(13-17)12-15(18)23/h4,8H,2-3,5-7,9-13H2,1H3,(H2,18,23). The zero-order valence-electron chi connectivity index (χ0n) is 14.4. The molecule has 1 aromatic rings. The summed E-state index contributed by atoms with van der Waals surface area (Å²) in [7, 11) is 0. The fourth-order valence-corrected chi connectivity index (χ4v) is 3.92. The summed E-state index contributed by atoms with van der Waals surface area (Å²) in [4.78, 5) is 27.3. The van der Waals surface area contributed by atoms with Crippen LogP contribution in [0.25, 0.3) is 0 Å². The van der Waals surface area contributed by atoms with E-state index in [1.165, 1.54) is 0 Å². The first-order chi connectivity index (χ1) is 11.5. The quantitative estimate of drug-likeness (QED) is 0.855. The monoisotopic (exact) mass is 333 g/mol. The van der Waals surface area contributed by atoms with Crippen LogP contribution in [0.2, 0.25) is 0 Å². The summed E-state index contributed by atoms with van der Waals surface area (Å²) in [5.74, 6) is -0.365. The minimum atomic E-state index is -0.427. The smallest absolute Gasteiger partial charge is 0.237 e. The molecule has 0 unspecified atom stereocenters. The number of amides is 2. The number of hydrogen-bond acceptors (Lipinski definition) is 4. The van der Waals surface area contributed by atoms with Crippen LogP contribution in [0.15, 0.2) is 12.3 Å². The number of likely N-dealkylation sites (tertiary alicyclic amines) is 2. The van der Waals surface area contributed by atoms with Gasteiger partial charge in [-0.2, -0.15) is 5.10 Å². The second-order valence-electron chi connectivity index (χ2n) is 7.16. The Balaban J connectivity index is 1.55. The molecule has 0 aliphatic carbocycles. The molecule has 2 amide bonds. The van der Waals surface area contributed by atoms with Gasteiger partial charge in [-0.25, -0.2) is 0 Å². The maximum Gasteiger partial charge on any atom is 0.237 e. The number of carbonyl (C=O) groups is 2. The lowest BCUT2D eigenvalue weighted by molar-refractivity contribution is -0.142. The average molecular weight is 333 g/mol. The molecule has 0 saturated carbocycles. The van der Waals surface area contributed by atoms with Crippen LogP contribution in [0.1, 0.15) is 38.3 Å². The van der Waals surface area contributed by atoms with Gasteiger partial charge < -0.3 is 10.6 Å². The van der Waals surface area contributed by atoms with Crippen LogP contribution in [0.5, 0.6) is 0 Å². The van der Waals surface area contributed by atoms with Crippen LogP contribution in [-0.4, -0.2) is 57.6 Å². The van der Waals surface area contributed by atoms with Gasteiger partial charge in [-0.3, -0.25) is 19.2 Å². The van der Waals surface area contributed by atoms with Gasteiger partial charge in [0.05, 0.1) is 12.2 Å². The van der Waals surface area contributed by atoms with Crippen LogP contribution in [0.4, 0.5) is 0 Å². The van der Waals surface area contributed by atoms with E-state index < -0.39 is 5.91 Å². The van der Waals surface area contributed by atoms with Crippen LogP contribution in [-0.2, 0) is 22.7 Å². The lowest BCUT2D eigenvalue weighted by atomic mass is 9.72. The van der Waals surface area contributed by atoms with Gasteiger partial charge in [-0.05, 0) is 50.8 Å². The molecule has 7 heteroatoms. The molecule has 0 bridgehead atoms. The van der Waals surface area contributed by atoms with E-state index in [1.54, 1.807) is 4.90 Å². The van der Waals surface area contributed by atoms with Gasteiger partial charge in [0.1, 0.15) is 0 Å². The molecule has 7 nitrogen and oxygen atoms in total. The Morgan fingerprint density at radius 1 is 1.33 bits per heavy atom. The van der Waals surface area contributed by atoms with Crippen LogP contribution >= 0.6 is 0 Å². The van der Waals surface area contributed by atoms with Crippen molar-refractivity contribution in [2.45, 2.75) is 45.7 Å². The van der Waals surface area contributed by atoms with E-state index >= 15 is 0 Å². The van der Waals surface area contributed by atoms with Crippen molar-refractivity contribution in [3.05, 3.63) is 18.0 Å². The van der Waals surface area contributed by atoms with Gasteiger partial charge in [-0.15, -0.1) is 0 Å².